The van der Waals surface area contributed by atoms with Gasteiger partial charge in [-0.1, -0.05) is 38.1 Å². The summed E-state index contributed by atoms with van der Waals surface area (Å²) in [6.07, 6.45) is 2.87. The first-order chi connectivity index (χ1) is 10.0. The van der Waals surface area contributed by atoms with Crippen LogP contribution in [0.15, 0.2) is 24.3 Å². The van der Waals surface area contributed by atoms with Crippen molar-refractivity contribution in [1.82, 2.24) is 10.6 Å². The minimum atomic E-state index is 0. The molecule has 1 saturated heterocycles. The minimum Gasteiger partial charge on any atom is -0.350 e. The first kappa shape index (κ1) is 19.0. The summed E-state index contributed by atoms with van der Waals surface area (Å²) in [4.78, 5) is 12.1. The normalized spacial score (nSPS) is 18.8. The molecule has 2 unspecified atom stereocenters. The molecule has 0 saturated carbocycles. The van der Waals surface area contributed by atoms with E-state index in [0.717, 1.165) is 25.9 Å². The van der Waals surface area contributed by atoms with Gasteiger partial charge in [0.1, 0.15) is 0 Å². The third kappa shape index (κ3) is 5.98. The topological polar surface area (TPSA) is 41.1 Å². The van der Waals surface area contributed by atoms with E-state index in [0.29, 0.717) is 18.3 Å². The fourth-order valence-corrected chi connectivity index (χ4v) is 2.95. The summed E-state index contributed by atoms with van der Waals surface area (Å²) in [5, 5.41) is 6.42. The van der Waals surface area contributed by atoms with E-state index in [1.807, 2.05) is 0 Å². The van der Waals surface area contributed by atoms with Gasteiger partial charge in [-0.05, 0) is 55.8 Å². The molecule has 3 nitrogen and oxygen atoms in total. The zero-order chi connectivity index (χ0) is 15.2. The number of amides is 1. The largest absolute Gasteiger partial charge is 0.350 e. The van der Waals surface area contributed by atoms with Gasteiger partial charge in [0.2, 0.25) is 5.91 Å². The van der Waals surface area contributed by atoms with Crippen LogP contribution < -0.4 is 10.6 Å². The van der Waals surface area contributed by atoms with E-state index in [2.05, 4.69) is 55.7 Å². The Morgan fingerprint density at radius 1 is 1.27 bits per heavy atom. The lowest BCUT2D eigenvalue weighted by Crippen LogP contribution is -2.28. The Labute approximate surface area is 140 Å². The van der Waals surface area contributed by atoms with E-state index in [4.69, 9.17) is 0 Å². The van der Waals surface area contributed by atoms with Crippen LogP contribution in [0, 0.1) is 11.8 Å². The van der Waals surface area contributed by atoms with E-state index < -0.39 is 0 Å². The number of hydrogen-bond acceptors (Lipinski definition) is 2. The molecule has 2 rings (SSSR count). The molecule has 1 aliphatic heterocycles. The Morgan fingerprint density at radius 3 is 2.50 bits per heavy atom. The summed E-state index contributed by atoms with van der Waals surface area (Å²) in [6, 6.07) is 8.72. The van der Waals surface area contributed by atoms with Gasteiger partial charge in [-0.25, -0.2) is 0 Å². The molecule has 1 fully saturated rings. The van der Waals surface area contributed by atoms with Gasteiger partial charge in [0.15, 0.2) is 0 Å². The summed E-state index contributed by atoms with van der Waals surface area (Å²) in [6.45, 7) is 8.54. The van der Waals surface area contributed by atoms with E-state index >= 15 is 0 Å². The van der Waals surface area contributed by atoms with Crippen LogP contribution in [0.5, 0.6) is 0 Å². The molecule has 1 aromatic rings. The second kappa shape index (κ2) is 9.16. The van der Waals surface area contributed by atoms with Crippen LogP contribution >= 0.6 is 12.4 Å². The third-order valence-corrected chi connectivity index (χ3v) is 4.14. The van der Waals surface area contributed by atoms with Crippen molar-refractivity contribution in [2.75, 3.05) is 13.1 Å². The summed E-state index contributed by atoms with van der Waals surface area (Å²) < 4.78 is 0. The van der Waals surface area contributed by atoms with Crippen molar-refractivity contribution in [3.8, 4) is 0 Å². The summed E-state index contributed by atoms with van der Waals surface area (Å²) in [5.74, 6) is 1.35. The molecular weight excluding hydrogens is 296 g/mol. The number of hydrogen-bond donors (Lipinski definition) is 2. The molecular formula is C18H29ClN2O. The minimum absolute atomic E-state index is 0. The van der Waals surface area contributed by atoms with Crippen molar-refractivity contribution in [3.63, 3.8) is 0 Å². The fourth-order valence-electron chi connectivity index (χ4n) is 2.95. The van der Waals surface area contributed by atoms with E-state index in [1.165, 1.54) is 11.1 Å². The molecule has 0 bridgehead atoms. The smallest absolute Gasteiger partial charge is 0.220 e. The average molecular weight is 325 g/mol. The lowest BCUT2D eigenvalue weighted by molar-refractivity contribution is -0.122. The van der Waals surface area contributed by atoms with Crippen LogP contribution in [0.2, 0.25) is 0 Å². The zero-order valence-electron chi connectivity index (χ0n) is 13.9. The number of nitrogens with one attached hydrogen (secondary N) is 2. The lowest BCUT2D eigenvalue weighted by Gasteiger charge is -2.16. The molecule has 1 amide bonds. The van der Waals surface area contributed by atoms with Gasteiger partial charge in [0.05, 0.1) is 6.04 Å². The first-order valence-corrected chi connectivity index (χ1v) is 8.13. The summed E-state index contributed by atoms with van der Waals surface area (Å²) in [7, 11) is 0. The second-order valence-corrected chi connectivity index (χ2v) is 6.69. The Morgan fingerprint density at radius 2 is 1.95 bits per heavy atom. The molecule has 0 aliphatic carbocycles. The van der Waals surface area contributed by atoms with Crippen molar-refractivity contribution in [2.45, 2.75) is 46.1 Å². The molecule has 2 atom stereocenters. The van der Waals surface area contributed by atoms with Gasteiger partial charge in [0.25, 0.3) is 0 Å². The van der Waals surface area contributed by atoms with Gasteiger partial charge in [-0.3, -0.25) is 4.79 Å². The maximum atomic E-state index is 12.1. The highest BCUT2D eigenvalue weighted by molar-refractivity contribution is 5.85. The molecule has 0 radical (unpaired) electrons. The number of carbonyl (C=O) groups excluding carboxylic acids is 1. The van der Waals surface area contributed by atoms with E-state index in [-0.39, 0.29) is 24.4 Å². The van der Waals surface area contributed by atoms with Crippen molar-refractivity contribution in [3.05, 3.63) is 35.4 Å². The van der Waals surface area contributed by atoms with Crippen molar-refractivity contribution in [1.29, 1.82) is 0 Å². The lowest BCUT2D eigenvalue weighted by atomic mass is 9.99. The highest BCUT2D eigenvalue weighted by atomic mass is 35.5. The first-order valence-electron chi connectivity index (χ1n) is 8.13. The van der Waals surface area contributed by atoms with Gasteiger partial charge in [-0.2, -0.15) is 0 Å². The zero-order valence-corrected chi connectivity index (χ0v) is 14.7. The van der Waals surface area contributed by atoms with E-state index in [9.17, 15) is 4.79 Å². The monoisotopic (exact) mass is 324 g/mol. The molecule has 22 heavy (non-hydrogen) atoms. The van der Waals surface area contributed by atoms with Crippen molar-refractivity contribution >= 4 is 18.3 Å². The highest BCUT2D eigenvalue weighted by Gasteiger charge is 2.19. The average Bonchev–Trinajstić information content (AvgIpc) is 2.91. The molecule has 0 aromatic heterocycles. The van der Waals surface area contributed by atoms with Gasteiger partial charge in [-0.15, -0.1) is 12.4 Å². The predicted molar refractivity (Wildman–Crippen MR) is 94.4 cm³/mol. The molecule has 0 spiro atoms. The van der Waals surface area contributed by atoms with Crippen molar-refractivity contribution in [2.24, 2.45) is 11.8 Å². The van der Waals surface area contributed by atoms with Crippen LogP contribution in [0.1, 0.15) is 50.8 Å². The number of benzene rings is 1. The Kier molecular flexibility index (Phi) is 7.91. The number of rotatable bonds is 6. The highest BCUT2D eigenvalue weighted by Crippen LogP contribution is 2.17. The fraction of sp³-hybridized carbons (Fsp3) is 0.611. The Bertz CT molecular complexity index is 453. The summed E-state index contributed by atoms with van der Waals surface area (Å²) >= 11 is 0. The molecule has 1 aromatic carbocycles. The SMILES string of the molecule is CC(C)Cc1ccc(C(C)NC(=O)CC2CCNC2)cc1.Cl. The Hall–Kier alpha value is -1.06. The van der Waals surface area contributed by atoms with E-state index in [1.54, 1.807) is 0 Å². The van der Waals surface area contributed by atoms with Crippen LogP contribution in [0.25, 0.3) is 0 Å². The van der Waals surface area contributed by atoms with Gasteiger partial charge < -0.3 is 10.6 Å². The quantitative estimate of drug-likeness (QED) is 0.841. The molecule has 4 heteroatoms. The maximum absolute atomic E-state index is 12.1. The standard InChI is InChI=1S/C18H28N2O.ClH/c1-13(2)10-15-4-6-17(7-5-15)14(3)20-18(21)11-16-8-9-19-12-16;/h4-7,13-14,16,19H,8-12H2,1-3H3,(H,20,21);1H. The third-order valence-electron chi connectivity index (χ3n) is 4.14. The van der Waals surface area contributed by atoms with Crippen LogP contribution in [0.4, 0.5) is 0 Å². The Balaban J connectivity index is 0.00000242. The van der Waals surface area contributed by atoms with Gasteiger partial charge >= 0.3 is 0 Å². The molecule has 124 valence electrons. The number of carbonyl (C=O) groups is 1. The summed E-state index contributed by atoms with van der Waals surface area (Å²) in [5.41, 5.74) is 2.55. The van der Waals surface area contributed by atoms with Crippen molar-refractivity contribution < 1.29 is 4.79 Å². The molecule has 1 heterocycles. The van der Waals surface area contributed by atoms with Gasteiger partial charge in [0, 0.05) is 6.42 Å². The second-order valence-electron chi connectivity index (χ2n) is 6.69. The van der Waals surface area contributed by atoms with Crippen LogP contribution in [0.3, 0.4) is 0 Å². The maximum Gasteiger partial charge on any atom is 0.220 e. The molecule has 2 N–H and O–H groups in total. The van der Waals surface area contributed by atoms with Crippen LogP contribution in [-0.4, -0.2) is 19.0 Å². The molecule has 1 aliphatic rings. The van der Waals surface area contributed by atoms with Crippen LogP contribution in [-0.2, 0) is 11.2 Å². The number of halogens is 1. The predicted octanol–water partition coefficient (Wildman–Crippen LogP) is 3.48.